The van der Waals surface area contributed by atoms with Crippen molar-refractivity contribution in [3.05, 3.63) is 0 Å². The second-order valence-electron chi connectivity index (χ2n) is 3.26. The van der Waals surface area contributed by atoms with E-state index in [1.807, 2.05) is 0 Å². The smallest absolute Gasteiger partial charge is 0.224 e. The highest BCUT2D eigenvalue weighted by Gasteiger charge is 2.52. The van der Waals surface area contributed by atoms with Crippen LogP contribution < -0.4 is 0 Å². The van der Waals surface area contributed by atoms with Gasteiger partial charge in [0.1, 0.15) is 24.4 Å². The Labute approximate surface area is 79.8 Å². The van der Waals surface area contributed by atoms with Crippen LogP contribution in [-0.4, -0.2) is 74.1 Å². The molecule has 0 bridgehead atoms. The normalized spacial score (nSPS) is 46.3. The van der Waals surface area contributed by atoms with Crippen molar-refractivity contribution in [2.75, 3.05) is 13.2 Å². The Kier molecular flexibility index (Phi) is 3.43. The fraction of sp³-hybridized carbons (Fsp3) is 1.00. The molecule has 84 valence electrons. The minimum absolute atomic E-state index is 0.439. The summed E-state index contributed by atoms with van der Waals surface area (Å²) in [5.41, 5.74) is 0. The van der Waals surface area contributed by atoms with Crippen molar-refractivity contribution in [2.24, 2.45) is 0 Å². The SMILES string of the molecule is OC[C@@H](O)[C@@]1(O)OC[C@@H](O)[C@@H](O)[C@H]1O. The summed E-state index contributed by atoms with van der Waals surface area (Å²) < 4.78 is 4.60. The largest absolute Gasteiger partial charge is 0.393 e. The van der Waals surface area contributed by atoms with E-state index in [0.717, 1.165) is 0 Å². The maximum atomic E-state index is 9.54. The van der Waals surface area contributed by atoms with E-state index in [0.29, 0.717) is 0 Å². The van der Waals surface area contributed by atoms with Gasteiger partial charge in [-0.3, -0.25) is 0 Å². The van der Waals surface area contributed by atoms with Crippen LogP contribution in [0.2, 0.25) is 0 Å². The molecule has 7 heteroatoms. The highest BCUT2D eigenvalue weighted by atomic mass is 16.7. The van der Waals surface area contributed by atoms with Crippen LogP contribution in [0, 0.1) is 0 Å². The second-order valence-corrected chi connectivity index (χ2v) is 3.26. The Morgan fingerprint density at radius 2 is 1.93 bits per heavy atom. The van der Waals surface area contributed by atoms with E-state index in [4.69, 9.17) is 15.3 Å². The number of rotatable bonds is 2. The molecule has 1 fully saturated rings. The minimum Gasteiger partial charge on any atom is -0.393 e. The zero-order chi connectivity index (χ0) is 10.9. The zero-order valence-electron chi connectivity index (χ0n) is 7.32. The van der Waals surface area contributed by atoms with E-state index in [9.17, 15) is 15.3 Å². The van der Waals surface area contributed by atoms with Gasteiger partial charge in [0.05, 0.1) is 13.2 Å². The van der Waals surface area contributed by atoms with E-state index in [1.165, 1.54) is 0 Å². The second kappa shape index (κ2) is 4.07. The summed E-state index contributed by atoms with van der Waals surface area (Å²) in [7, 11) is 0. The van der Waals surface area contributed by atoms with Gasteiger partial charge in [0.25, 0.3) is 0 Å². The third kappa shape index (κ3) is 1.75. The van der Waals surface area contributed by atoms with E-state index in [2.05, 4.69) is 4.74 Å². The van der Waals surface area contributed by atoms with Crippen LogP contribution in [0.15, 0.2) is 0 Å². The molecule has 1 heterocycles. The number of hydrogen-bond donors (Lipinski definition) is 6. The first-order chi connectivity index (χ1) is 6.43. The number of aliphatic hydroxyl groups excluding tert-OH is 5. The fourth-order valence-corrected chi connectivity index (χ4v) is 1.28. The summed E-state index contributed by atoms with van der Waals surface area (Å²) in [5.74, 6) is -2.45. The Morgan fingerprint density at radius 3 is 2.43 bits per heavy atom. The Morgan fingerprint density at radius 1 is 1.36 bits per heavy atom. The lowest BCUT2D eigenvalue weighted by Gasteiger charge is -2.43. The molecule has 14 heavy (non-hydrogen) atoms. The molecule has 1 aliphatic heterocycles. The standard InChI is InChI=1S/C7H14O7/c8-1-4(10)7(13)6(12)5(11)3(9)2-14-7/h3-6,8-13H,1-2H2/t3-,4-,5-,6-,7-/m1/s1. The third-order valence-electron chi connectivity index (χ3n) is 2.28. The first kappa shape index (κ1) is 11.8. The molecule has 1 aliphatic rings. The van der Waals surface area contributed by atoms with Crippen molar-refractivity contribution in [2.45, 2.75) is 30.2 Å². The molecule has 0 aromatic heterocycles. The first-order valence-electron chi connectivity index (χ1n) is 4.13. The Bertz CT molecular complexity index is 198. The summed E-state index contributed by atoms with van der Waals surface area (Å²) in [4.78, 5) is 0. The summed E-state index contributed by atoms with van der Waals surface area (Å²) in [5, 5.41) is 54.8. The maximum Gasteiger partial charge on any atom is 0.224 e. The Balaban J connectivity index is 2.79. The van der Waals surface area contributed by atoms with Crippen molar-refractivity contribution in [1.82, 2.24) is 0 Å². The van der Waals surface area contributed by atoms with Gasteiger partial charge in [-0.25, -0.2) is 0 Å². The molecule has 0 unspecified atom stereocenters. The van der Waals surface area contributed by atoms with Crippen LogP contribution >= 0.6 is 0 Å². The molecule has 0 aromatic rings. The molecular formula is C7H14O7. The predicted molar refractivity (Wildman–Crippen MR) is 42.0 cm³/mol. The molecule has 0 spiro atoms. The van der Waals surface area contributed by atoms with Crippen LogP contribution in [0.3, 0.4) is 0 Å². The Hall–Kier alpha value is -0.280. The van der Waals surface area contributed by atoms with E-state index in [1.54, 1.807) is 0 Å². The van der Waals surface area contributed by atoms with Crippen LogP contribution in [0.4, 0.5) is 0 Å². The van der Waals surface area contributed by atoms with Gasteiger partial charge in [0.2, 0.25) is 5.79 Å². The van der Waals surface area contributed by atoms with E-state index in [-0.39, 0.29) is 0 Å². The van der Waals surface area contributed by atoms with Gasteiger partial charge in [-0.2, -0.15) is 0 Å². The predicted octanol–water partition coefficient (Wildman–Crippen LogP) is -3.86. The lowest BCUT2D eigenvalue weighted by atomic mass is 9.93. The van der Waals surface area contributed by atoms with Crippen molar-refractivity contribution in [3.63, 3.8) is 0 Å². The van der Waals surface area contributed by atoms with Crippen LogP contribution in [0.1, 0.15) is 0 Å². The molecular weight excluding hydrogens is 196 g/mol. The molecule has 0 amide bonds. The molecule has 0 aliphatic carbocycles. The number of hydrogen-bond acceptors (Lipinski definition) is 7. The first-order valence-corrected chi connectivity index (χ1v) is 4.13. The van der Waals surface area contributed by atoms with E-state index >= 15 is 0 Å². The van der Waals surface area contributed by atoms with Gasteiger partial charge < -0.3 is 35.4 Å². The minimum atomic E-state index is -2.45. The highest BCUT2D eigenvalue weighted by Crippen LogP contribution is 2.26. The number of aliphatic hydroxyl groups is 6. The molecule has 0 aromatic carbocycles. The van der Waals surface area contributed by atoms with Gasteiger partial charge in [0.15, 0.2) is 0 Å². The van der Waals surface area contributed by atoms with Gasteiger partial charge >= 0.3 is 0 Å². The molecule has 0 saturated carbocycles. The van der Waals surface area contributed by atoms with Crippen molar-refractivity contribution in [1.29, 1.82) is 0 Å². The van der Waals surface area contributed by atoms with Crippen LogP contribution in [-0.2, 0) is 4.74 Å². The molecule has 5 atom stereocenters. The third-order valence-corrected chi connectivity index (χ3v) is 2.28. The van der Waals surface area contributed by atoms with Crippen molar-refractivity contribution in [3.8, 4) is 0 Å². The summed E-state index contributed by atoms with van der Waals surface area (Å²) in [6, 6.07) is 0. The summed E-state index contributed by atoms with van der Waals surface area (Å²) in [6.45, 7) is -1.28. The van der Waals surface area contributed by atoms with Gasteiger partial charge in [-0.15, -0.1) is 0 Å². The number of ether oxygens (including phenoxy) is 1. The topological polar surface area (TPSA) is 131 Å². The average Bonchev–Trinajstić information content (AvgIpc) is 2.19. The lowest BCUT2D eigenvalue weighted by Crippen LogP contribution is -2.66. The van der Waals surface area contributed by atoms with Gasteiger partial charge in [0, 0.05) is 0 Å². The van der Waals surface area contributed by atoms with Crippen LogP contribution in [0.25, 0.3) is 0 Å². The van der Waals surface area contributed by atoms with Crippen LogP contribution in [0.5, 0.6) is 0 Å². The molecule has 6 N–H and O–H groups in total. The molecule has 1 saturated heterocycles. The fourth-order valence-electron chi connectivity index (χ4n) is 1.28. The zero-order valence-corrected chi connectivity index (χ0v) is 7.32. The molecule has 7 nitrogen and oxygen atoms in total. The summed E-state index contributed by atoms with van der Waals surface area (Å²) >= 11 is 0. The van der Waals surface area contributed by atoms with Gasteiger partial charge in [-0.05, 0) is 0 Å². The van der Waals surface area contributed by atoms with Gasteiger partial charge in [-0.1, -0.05) is 0 Å². The quantitative estimate of drug-likeness (QED) is 0.275. The monoisotopic (exact) mass is 210 g/mol. The van der Waals surface area contributed by atoms with Crippen molar-refractivity contribution >= 4 is 0 Å². The van der Waals surface area contributed by atoms with E-state index < -0.39 is 43.4 Å². The van der Waals surface area contributed by atoms with Crippen molar-refractivity contribution < 1.29 is 35.4 Å². The maximum absolute atomic E-state index is 9.54. The molecule has 0 radical (unpaired) electrons. The molecule has 1 rings (SSSR count). The highest BCUT2D eigenvalue weighted by molar-refractivity contribution is 4.95. The summed E-state index contributed by atoms with van der Waals surface area (Å²) in [6.07, 6.45) is -6.60. The average molecular weight is 210 g/mol. The lowest BCUT2D eigenvalue weighted by molar-refractivity contribution is -0.354.